The van der Waals surface area contributed by atoms with Gasteiger partial charge in [-0.1, -0.05) is 0 Å². The monoisotopic (exact) mass is 304 g/mol. The third-order valence-electron chi connectivity index (χ3n) is 3.11. The molecule has 0 unspecified atom stereocenters. The first-order chi connectivity index (χ1) is 10.4. The summed E-state index contributed by atoms with van der Waals surface area (Å²) in [6.07, 6.45) is 3.04. The van der Waals surface area contributed by atoms with E-state index in [1.54, 1.807) is 37.4 Å². The number of aromatic nitrogens is 1. The SMILES string of the molecule is CN(C)c1ccc(NC(=O)NC[C@](C)(O)c2ccco2)cn1. The Morgan fingerprint density at radius 2 is 2.18 bits per heavy atom. The van der Waals surface area contributed by atoms with Gasteiger partial charge in [0.05, 0.1) is 24.7 Å². The van der Waals surface area contributed by atoms with Gasteiger partial charge in [0, 0.05) is 14.1 Å². The fourth-order valence-corrected chi connectivity index (χ4v) is 1.82. The quantitative estimate of drug-likeness (QED) is 0.783. The van der Waals surface area contributed by atoms with Crippen molar-refractivity contribution in [3.05, 3.63) is 42.5 Å². The summed E-state index contributed by atoms with van der Waals surface area (Å²) in [5.74, 6) is 1.19. The summed E-state index contributed by atoms with van der Waals surface area (Å²) in [5.41, 5.74) is -0.700. The molecule has 2 amide bonds. The number of rotatable bonds is 5. The Bertz CT molecular complexity index is 606. The van der Waals surface area contributed by atoms with Crippen LogP contribution in [0.15, 0.2) is 41.1 Å². The number of anilines is 2. The van der Waals surface area contributed by atoms with Gasteiger partial charge in [0.25, 0.3) is 0 Å². The summed E-state index contributed by atoms with van der Waals surface area (Å²) < 4.78 is 5.15. The lowest BCUT2D eigenvalue weighted by Gasteiger charge is -2.21. The maximum atomic E-state index is 11.8. The number of carbonyl (C=O) groups excluding carboxylic acids is 1. The van der Waals surface area contributed by atoms with Gasteiger partial charge in [0.15, 0.2) is 0 Å². The van der Waals surface area contributed by atoms with Gasteiger partial charge in [-0.2, -0.15) is 0 Å². The van der Waals surface area contributed by atoms with Gasteiger partial charge < -0.3 is 25.1 Å². The molecule has 2 rings (SSSR count). The van der Waals surface area contributed by atoms with E-state index in [1.165, 1.54) is 6.26 Å². The molecule has 0 aliphatic rings. The summed E-state index contributed by atoms with van der Waals surface area (Å²) in [5, 5.41) is 15.5. The summed E-state index contributed by atoms with van der Waals surface area (Å²) in [7, 11) is 3.78. The molecular weight excluding hydrogens is 284 g/mol. The van der Waals surface area contributed by atoms with E-state index < -0.39 is 11.6 Å². The maximum Gasteiger partial charge on any atom is 0.319 e. The van der Waals surface area contributed by atoms with Gasteiger partial charge in [-0.25, -0.2) is 9.78 Å². The van der Waals surface area contributed by atoms with Crippen molar-refractivity contribution in [2.75, 3.05) is 30.9 Å². The minimum atomic E-state index is -1.27. The number of pyridine rings is 1. The molecule has 22 heavy (non-hydrogen) atoms. The van der Waals surface area contributed by atoms with Crippen LogP contribution in [0.4, 0.5) is 16.3 Å². The number of nitrogens with zero attached hydrogens (tertiary/aromatic N) is 2. The first kappa shape index (κ1) is 15.8. The van der Waals surface area contributed by atoms with Crippen LogP contribution in [0.1, 0.15) is 12.7 Å². The fraction of sp³-hybridized carbons (Fsp3) is 0.333. The van der Waals surface area contributed by atoms with Crippen molar-refractivity contribution in [2.24, 2.45) is 0 Å². The average Bonchev–Trinajstić information content (AvgIpc) is 3.01. The van der Waals surface area contributed by atoms with Crippen LogP contribution in [0.3, 0.4) is 0 Å². The third-order valence-corrected chi connectivity index (χ3v) is 3.11. The van der Waals surface area contributed by atoms with Crippen LogP contribution in [0, 0.1) is 0 Å². The second-order valence-electron chi connectivity index (χ2n) is 5.36. The Morgan fingerprint density at radius 3 is 2.73 bits per heavy atom. The zero-order valence-electron chi connectivity index (χ0n) is 12.8. The van der Waals surface area contributed by atoms with Crippen molar-refractivity contribution >= 4 is 17.5 Å². The van der Waals surface area contributed by atoms with E-state index in [2.05, 4.69) is 15.6 Å². The molecule has 0 spiro atoms. The van der Waals surface area contributed by atoms with Gasteiger partial charge in [-0.3, -0.25) is 0 Å². The van der Waals surface area contributed by atoms with Crippen LogP contribution < -0.4 is 15.5 Å². The van der Waals surface area contributed by atoms with Crippen LogP contribution >= 0.6 is 0 Å². The van der Waals surface area contributed by atoms with Crippen LogP contribution in [-0.2, 0) is 5.60 Å². The van der Waals surface area contributed by atoms with Gasteiger partial charge >= 0.3 is 6.03 Å². The number of hydrogen-bond donors (Lipinski definition) is 3. The Kier molecular flexibility index (Phi) is 4.67. The highest BCUT2D eigenvalue weighted by Crippen LogP contribution is 2.19. The lowest BCUT2D eigenvalue weighted by atomic mass is 10.0. The molecule has 1 atom stereocenters. The molecule has 0 aliphatic carbocycles. The molecule has 0 radical (unpaired) electrons. The molecule has 3 N–H and O–H groups in total. The summed E-state index contributed by atoms with van der Waals surface area (Å²) in [6.45, 7) is 1.59. The number of amides is 2. The lowest BCUT2D eigenvalue weighted by molar-refractivity contribution is 0.0372. The van der Waals surface area contributed by atoms with Crippen LogP contribution in [0.2, 0.25) is 0 Å². The predicted molar refractivity (Wildman–Crippen MR) is 83.9 cm³/mol. The number of furan rings is 1. The first-order valence-electron chi connectivity index (χ1n) is 6.83. The molecule has 0 aromatic carbocycles. The van der Waals surface area contributed by atoms with Crippen molar-refractivity contribution < 1.29 is 14.3 Å². The highest BCUT2D eigenvalue weighted by molar-refractivity contribution is 5.89. The topological polar surface area (TPSA) is 90.6 Å². The number of hydrogen-bond acceptors (Lipinski definition) is 5. The van der Waals surface area contributed by atoms with Crippen molar-refractivity contribution in [3.8, 4) is 0 Å². The highest BCUT2D eigenvalue weighted by atomic mass is 16.4. The van der Waals surface area contributed by atoms with Gasteiger partial charge in [0.1, 0.15) is 17.2 Å². The van der Waals surface area contributed by atoms with E-state index in [4.69, 9.17) is 4.42 Å². The Balaban J connectivity index is 1.88. The number of carbonyl (C=O) groups is 1. The van der Waals surface area contributed by atoms with Crippen LogP contribution in [0.5, 0.6) is 0 Å². The minimum absolute atomic E-state index is 0.0234. The van der Waals surface area contributed by atoms with Crippen molar-refractivity contribution in [1.29, 1.82) is 0 Å². The van der Waals surface area contributed by atoms with E-state index in [9.17, 15) is 9.90 Å². The number of nitrogens with one attached hydrogen (secondary N) is 2. The van der Waals surface area contributed by atoms with Crippen LogP contribution in [-0.4, -0.2) is 36.8 Å². The van der Waals surface area contributed by atoms with E-state index in [-0.39, 0.29) is 6.54 Å². The molecule has 0 saturated heterocycles. The lowest BCUT2D eigenvalue weighted by Crippen LogP contribution is -2.40. The van der Waals surface area contributed by atoms with E-state index in [0.29, 0.717) is 11.4 Å². The van der Waals surface area contributed by atoms with Gasteiger partial charge in [-0.05, 0) is 31.2 Å². The molecule has 0 aliphatic heterocycles. The molecule has 0 saturated carbocycles. The molecule has 7 heteroatoms. The highest BCUT2D eigenvalue weighted by Gasteiger charge is 2.26. The predicted octanol–water partition coefficient (Wildman–Crippen LogP) is 1.77. The number of urea groups is 1. The second kappa shape index (κ2) is 6.48. The van der Waals surface area contributed by atoms with E-state index in [0.717, 1.165) is 5.82 Å². The first-order valence-corrected chi connectivity index (χ1v) is 6.83. The Labute approximate surface area is 129 Å². The summed E-state index contributed by atoms with van der Waals surface area (Å²) >= 11 is 0. The van der Waals surface area contributed by atoms with E-state index >= 15 is 0 Å². The molecule has 0 bridgehead atoms. The number of aliphatic hydroxyl groups is 1. The standard InChI is InChI=1S/C15H20N4O3/c1-15(21,12-5-4-8-22-12)10-17-14(20)18-11-6-7-13(16-9-11)19(2)3/h4-9,21H,10H2,1-3H3,(H2,17,18,20)/t15-/m0/s1. The molecule has 0 fully saturated rings. The van der Waals surface area contributed by atoms with E-state index in [1.807, 2.05) is 19.0 Å². The molecular formula is C15H20N4O3. The molecule has 2 aromatic rings. The third kappa shape index (κ3) is 3.98. The van der Waals surface area contributed by atoms with Crippen LogP contribution in [0.25, 0.3) is 0 Å². The van der Waals surface area contributed by atoms with Gasteiger partial charge in [-0.15, -0.1) is 0 Å². The Hall–Kier alpha value is -2.54. The minimum Gasteiger partial charge on any atom is -0.466 e. The molecule has 7 nitrogen and oxygen atoms in total. The van der Waals surface area contributed by atoms with Gasteiger partial charge in [0.2, 0.25) is 0 Å². The molecule has 2 aromatic heterocycles. The van der Waals surface area contributed by atoms with Crippen molar-refractivity contribution in [1.82, 2.24) is 10.3 Å². The molecule has 118 valence electrons. The smallest absolute Gasteiger partial charge is 0.319 e. The summed E-state index contributed by atoms with van der Waals surface area (Å²) in [6, 6.07) is 6.47. The zero-order valence-corrected chi connectivity index (χ0v) is 12.8. The normalized spacial score (nSPS) is 13.3. The average molecular weight is 304 g/mol. The second-order valence-corrected chi connectivity index (χ2v) is 5.36. The van der Waals surface area contributed by atoms with Crippen molar-refractivity contribution in [2.45, 2.75) is 12.5 Å². The largest absolute Gasteiger partial charge is 0.466 e. The van der Waals surface area contributed by atoms with Crippen molar-refractivity contribution in [3.63, 3.8) is 0 Å². The molecule has 2 heterocycles. The Morgan fingerprint density at radius 1 is 1.41 bits per heavy atom. The zero-order chi connectivity index (χ0) is 16.2. The fourth-order valence-electron chi connectivity index (χ4n) is 1.82. The maximum absolute atomic E-state index is 11.8. The summed E-state index contributed by atoms with van der Waals surface area (Å²) in [4.78, 5) is 17.9.